The van der Waals surface area contributed by atoms with Crippen LogP contribution in [0.15, 0.2) is 0 Å². The fraction of sp³-hybridized carbons (Fsp3) is 0.944. The molecule has 0 radical (unpaired) electrons. The Morgan fingerprint density at radius 3 is 2.12 bits per heavy atom. The number of carbonyl (C=O) groups is 1. The summed E-state index contributed by atoms with van der Waals surface area (Å²) in [6, 6.07) is 0. The van der Waals surface area contributed by atoms with E-state index < -0.39 is 38.2 Å². The summed E-state index contributed by atoms with van der Waals surface area (Å²) in [6.07, 6.45) is -1.16. The van der Waals surface area contributed by atoms with Crippen molar-refractivity contribution in [1.82, 2.24) is 0 Å². The Kier molecular flexibility index (Phi) is 5.62. The molecule has 0 N–H and O–H groups in total. The number of carbonyl (C=O) groups excluding carboxylic acids is 1. The van der Waals surface area contributed by atoms with Crippen molar-refractivity contribution in [3.63, 3.8) is 0 Å². The van der Waals surface area contributed by atoms with E-state index in [1.54, 1.807) is 0 Å². The summed E-state index contributed by atoms with van der Waals surface area (Å²) in [5, 5.41) is 0.0197. The van der Waals surface area contributed by atoms with Gasteiger partial charge in [-0.05, 0) is 45.8 Å². The molecule has 0 bridgehead atoms. The predicted molar refractivity (Wildman–Crippen MR) is 96.9 cm³/mol. The van der Waals surface area contributed by atoms with Gasteiger partial charge in [-0.1, -0.05) is 20.8 Å². The zero-order chi connectivity index (χ0) is 19.3. The highest BCUT2D eigenvalue weighted by atomic mass is 28.4. The van der Waals surface area contributed by atoms with E-state index in [-0.39, 0.29) is 11.1 Å². The second-order valence-corrected chi connectivity index (χ2v) is 14.2. The first-order valence-corrected chi connectivity index (χ1v) is 11.9. The molecule has 2 aliphatic heterocycles. The summed E-state index contributed by atoms with van der Waals surface area (Å²) in [7, 11) is -2.13. The lowest BCUT2D eigenvalue weighted by molar-refractivity contribution is -0.176. The first-order valence-electron chi connectivity index (χ1n) is 8.98. The van der Waals surface area contributed by atoms with Crippen molar-refractivity contribution < 1.29 is 28.2 Å². The molecule has 0 aromatic rings. The Morgan fingerprint density at radius 2 is 1.68 bits per heavy atom. The van der Waals surface area contributed by atoms with Gasteiger partial charge < -0.3 is 28.2 Å². The van der Waals surface area contributed by atoms with Gasteiger partial charge in [-0.25, -0.2) is 0 Å². The van der Waals surface area contributed by atoms with E-state index in [4.69, 9.17) is 23.4 Å². The minimum atomic E-state index is -2.13. The molecular weight excluding hydrogens is 340 g/mol. The molecule has 0 unspecified atom stereocenters. The maximum atomic E-state index is 11.6. The summed E-state index contributed by atoms with van der Waals surface area (Å²) in [4.78, 5) is 11.6. The Hall–Kier alpha value is -0.313. The van der Waals surface area contributed by atoms with E-state index in [1.165, 1.54) is 0 Å². The molecule has 7 heteroatoms. The van der Waals surface area contributed by atoms with E-state index in [2.05, 4.69) is 33.9 Å². The number of ether oxygens (including phenoxy) is 4. The normalized spacial score (nSPS) is 33.4. The molecule has 146 valence electrons. The van der Waals surface area contributed by atoms with Crippen LogP contribution in [-0.4, -0.2) is 57.2 Å². The van der Waals surface area contributed by atoms with Gasteiger partial charge >= 0.3 is 0 Å². The van der Waals surface area contributed by atoms with Crippen LogP contribution < -0.4 is 0 Å². The summed E-state index contributed by atoms with van der Waals surface area (Å²) in [6.45, 7) is 18.7. The first kappa shape index (κ1) is 21.0. The molecule has 6 nitrogen and oxygen atoms in total. The van der Waals surface area contributed by atoms with Gasteiger partial charge in [0.2, 0.25) is 0 Å². The van der Waals surface area contributed by atoms with Crippen LogP contribution >= 0.6 is 0 Å². The van der Waals surface area contributed by atoms with Gasteiger partial charge in [0.1, 0.15) is 24.4 Å². The lowest BCUT2D eigenvalue weighted by Gasteiger charge is -2.42. The van der Waals surface area contributed by atoms with Gasteiger partial charge in [-0.3, -0.25) is 0 Å². The lowest BCUT2D eigenvalue weighted by atomic mass is 10.0. The van der Waals surface area contributed by atoms with Gasteiger partial charge in [0.25, 0.3) is 0 Å². The van der Waals surface area contributed by atoms with Gasteiger partial charge in [0.15, 0.2) is 26.2 Å². The van der Waals surface area contributed by atoms with Gasteiger partial charge in [0.05, 0.1) is 6.61 Å². The standard InChI is InChI=1S/C18H34O6Si/c1-16(2,3)25(8,9)24-15(13-11-20-17(4,5)22-13)14-12(10-19)21-18(6,7)23-14/h10,12-15H,11H2,1-9H3/t12-,13-,14-,15-/m1/s1. The Labute approximate surface area is 152 Å². The van der Waals surface area contributed by atoms with E-state index in [0.717, 1.165) is 6.29 Å². The molecule has 25 heavy (non-hydrogen) atoms. The van der Waals surface area contributed by atoms with Gasteiger partial charge in [-0.2, -0.15) is 0 Å². The molecule has 2 rings (SSSR count). The SMILES string of the molecule is CC1(C)O[C@@H]([C@H](O[Si](C)(C)C(C)(C)C)[C@H]2COC(C)(C)O2)[C@@H](C=O)O1. The molecule has 0 amide bonds. The maximum absolute atomic E-state index is 11.6. The summed E-state index contributed by atoms with van der Waals surface area (Å²) in [5.74, 6) is -1.51. The second-order valence-electron chi connectivity index (χ2n) is 9.41. The van der Waals surface area contributed by atoms with Crippen molar-refractivity contribution in [3.05, 3.63) is 0 Å². The van der Waals surface area contributed by atoms with Gasteiger partial charge in [0, 0.05) is 0 Å². The summed E-state index contributed by atoms with van der Waals surface area (Å²) < 4.78 is 30.3. The third kappa shape index (κ3) is 4.70. The van der Waals surface area contributed by atoms with E-state index >= 15 is 0 Å². The van der Waals surface area contributed by atoms with Crippen LogP contribution in [0.3, 0.4) is 0 Å². The minimum Gasteiger partial charge on any atom is -0.408 e. The second kappa shape index (κ2) is 6.69. The molecule has 0 aliphatic carbocycles. The highest BCUT2D eigenvalue weighted by Gasteiger charge is 2.53. The Bertz CT molecular complexity index is 496. The van der Waals surface area contributed by atoms with Crippen LogP contribution in [0.2, 0.25) is 18.1 Å². The van der Waals surface area contributed by atoms with Crippen LogP contribution in [0.5, 0.6) is 0 Å². The van der Waals surface area contributed by atoms with Crippen molar-refractivity contribution in [3.8, 4) is 0 Å². The van der Waals surface area contributed by atoms with Crippen LogP contribution in [0, 0.1) is 0 Å². The van der Waals surface area contributed by atoms with Crippen molar-refractivity contribution in [1.29, 1.82) is 0 Å². The highest BCUT2D eigenvalue weighted by molar-refractivity contribution is 6.74. The van der Waals surface area contributed by atoms with Crippen LogP contribution in [0.1, 0.15) is 48.5 Å². The van der Waals surface area contributed by atoms with Crippen molar-refractivity contribution in [2.75, 3.05) is 6.61 Å². The number of hydrogen-bond acceptors (Lipinski definition) is 6. The molecule has 4 atom stereocenters. The average molecular weight is 375 g/mol. The maximum Gasteiger partial charge on any atom is 0.192 e. The van der Waals surface area contributed by atoms with Crippen molar-refractivity contribution >= 4 is 14.6 Å². The smallest absolute Gasteiger partial charge is 0.192 e. The van der Waals surface area contributed by atoms with E-state index in [0.29, 0.717) is 6.61 Å². The topological polar surface area (TPSA) is 63.2 Å². The molecule has 0 aromatic carbocycles. The van der Waals surface area contributed by atoms with Crippen LogP contribution in [0.25, 0.3) is 0 Å². The quantitative estimate of drug-likeness (QED) is 0.544. The molecular formula is C18H34O6Si. The van der Waals surface area contributed by atoms with E-state index in [1.807, 2.05) is 27.7 Å². The lowest BCUT2D eigenvalue weighted by Crippen LogP contribution is -2.54. The fourth-order valence-corrected chi connectivity index (χ4v) is 4.25. The molecule has 2 heterocycles. The molecule has 0 aromatic heterocycles. The minimum absolute atomic E-state index is 0.0197. The third-order valence-corrected chi connectivity index (χ3v) is 9.73. The molecule has 2 fully saturated rings. The van der Waals surface area contributed by atoms with Crippen LogP contribution in [0.4, 0.5) is 0 Å². The monoisotopic (exact) mass is 374 g/mol. The fourth-order valence-electron chi connectivity index (χ4n) is 2.93. The Balaban J connectivity index is 2.31. The molecule has 0 saturated carbocycles. The molecule has 2 saturated heterocycles. The van der Waals surface area contributed by atoms with Crippen molar-refractivity contribution in [2.24, 2.45) is 0 Å². The zero-order valence-electron chi connectivity index (χ0n) is 17.0. The first-order chi connectivity index (χ1) is 11.2. The summed E-state index contributed by atoms with van der Waals surface area (Å²) >= 11 is 0. The zero-order valence-corrected chi connectivity index (χ0v) is 18.0. The molecule has 2 aliphatic rings. The Morgan fingerprint density at radius 1 is 1.08 bits per heavy atom. The highest BCUT2D eigenvalue weighted by Crippen LogP contribution is 2.41. The molecule has 0 spiro atoms. The number of aldehydes is 1. The van der Waals surface area contributed by atoms with Crippen LogP contribution in [-0.2, 0) is 28.2 Å². The predicted octanol–water partition coefficient (Wildman–Crippen LogP) is 3.25. The van der Waals surface area contributed by atoms with Crippen molar-refractivity contribution in [2.45, 2.75) is 103 Å². The third-order valence-electron chi connectivity index (χ3n) is 5.26. The average Bonchev–Trinajstić information content (AvgIpc) is 2.93. The number of hydrogen-bond donors (Lipinski definition) is 0. The number of rotatable bonds is 5. The van der Waals surface area contributed by atoms with Gasteiger partial charge in [-0.15, -0.1) is 0 Å². The summed E-state index contributed by atoms with van der Waals surface area (Å²) in [5.41, 5.74) is 0. The largest absolute Gasteiger partial charge is 0.408 e. The van der Waals surface area contributed by atoms with E-state index in [9.17, 15) is 4.79 Å².